The van der Waals surface area contributed by atoms with Crippen LogP contribution in [0.15, 0.2) is 0 Å². The first-order valence-corrected chi connectivity index (χ1v) is 1.80. The van der Waals surface area contributed by atoms with E-state index in [-0.39, 0.29) is 0 Å². The normalized spacial score (nSPS) is 6.80. The van der Waals surface area contributed by atoms with Gasteiger partial charge in [0.1, 0.15) is 0 Å². The van der Waals surface area contributed by atoms with Gasteiger partial charge in [-0.2, -0.15) is 0 Å². The van der Waals surface area contributed by atoms with Crippen LogP contribution >= 0.6 is 25.4 Å². The van der Waals surface area contributed by atoms with Crippen molar-refractivity contribution in [3.05, 3.63) is 0 Å². The van der Waals surface area contributed by atoms with Crippen molar-refractivity contribution < 1.29 is 4.79 Å². The van der Waals surface area contributed by atoms with E-state index in [1.807, 2.05) is 4.72 Å². The Labute approximate surface area is 40.9 Å². The zero-order valence-corrected chi connectivity index (χ0v) is 4.09. The summed E-state index contributed by atoms with van der Waals surface area (Å²) >= 11 is 6.61. The number of thiol groups is 2. The second-order valence-electron chi connectivity index (χ2n) is 0.417. The van der Waals surface area contributed by atoms with Gasteiger partial charge in [-0.05, 0) is 0 Å². The summed E-state index contributed by atoms with van der Waals surface area (Å²) in [5, 5.41) is -0.437. The lowest BCUT2D eigenvalue weighted by atomic mass is 11.5. The maximum atomic E-state index is 9.49. The molecule has 30 valence electrons. The summed E-state index contributed by atoms with van der Waals surface area (Å²) in [6.45, 7) is 0. The Morgan fingerprint density at radius 3 is 2.00 bits per heavy atom. The highest BCUT2D eigenvalue weighted by atomic mass is 32.1. The number of amides is 1. The first kappa shape index (κ1) is 5.17. The summed E-state index contributed by atoms with van der Waals surface area (Å²) in [6, 6.07) is 0. The summed E-state index contributed by atoms with van der Waals surface area (Å²) in [7, 11) is 0. The quantitative estimate of drug-likeness (QED) is 0.388. The molecule has 1 amide bonds. The molecule has 0 aliphatic heterocycles. The Balaban J connectivity index is 2.85. The van der Waals surface area contributed by atoms with Crippen LogP contribution in [-0.2, 0) is 0 Å². The number of nitrogens with one attached hydrogen (secondary N) is 1. The van der Waals surface area contributed by atoms with Crippen molar-refractivity contribution >= 4 is 30.7 Å². The first-order chi connectivity index (χ1) is 2.27. The van der Waals surface area contributed by atoms with Gasteiger partial charge in [0.05, 0.1) is 0 Å². The number of hydrogen-bond acceptors (Lipinski definition) is 2. The maximum Gasteiger partial charge on any atom is 0.285 e. The van der Waals surface area contributed by atoms with Crippen molar-refractivity contribution in [1.29, 1.82) is 0 Å². The molecule has 0 spiro atoms. The first-order valence-electron chi connectivity index (χ1n) is 0.901. The molecule has 2 nitrogen and oxygen atoms in total. The van der Waals surface area contributed by atoms with Crippen molar-refractivity contribution in [1.82, 2.24) is 4.72 Å². The molecule has 0 atom stereocenters. The van der Waals surface area contributed by atoms with Crippen LogP contribution < -0.4 is 4.72 Å². The van der Waals surface area contributed by atoms with Crippen molar-refractivity contribution in [3.63, 3.8) is 0 Å². The maximum absolute atomic E-state index is 9.49. The van der Waals surface area contributed by atoms with Gasteiger partial charge in [-0.1, -0.05) is 25.4 Å². The van der Waals surface area contributed by atoms with Gasteiger partial charge in [-0.15, -0.1) is 0 Å². The van der Waals surface area contributed by atoms with Gasteiger partial charge in [-0.25, -0.2) is 0 Å². The van der Waals surface area contributed by atoms with Gasteiger partial charge in [0.25, 0.3) is 5.24 Å². The minimum atomic E-state index is -0.437. The summed E-state index contributed by atoms with van der Waals surface area (Å²) < 4.78 is 1.95. The molecule has 5 heavy (non-hydrogen) atoms. The van der Waals surface area contributed by atoms with Crippen LogP contribution in [0, 0.1) is 0 Å². The van der Waals surface area contributed by atoms with Crippen LogP contribution in [0.4, 0.5) is 4.79 Å². The van der Waals surface area contributed by atoms with Crippen molar-refractivity contribution in [2.75, 3.05) is 0 Å². The van der Waals surface area contributed by atoms with Gasteiger partial charge in [-0.3, -0.25) is 9.52 Å². The van der Waals surface area contributed by atoms with E-state index in [4.69, 9.17) is 0 Å². The Morgan fingerprint density at radius 1 is 1.80 bits per heavy atom. The van der Waals surface area contributed by atoms with Crippen LogP contribution in [0.1, 0.15) is 0 Å². The number of rotatable bonds is 0. The minimum Gasteiger partial charge on any atom is -0.294 e. The minimum absolute atomic E-state index is 0.437. The van der Waals surface area contributed by atoms with Crippen molar-refractivity contribution in [2.45, 2.75) is 0 Å². The molecule has 0 saturated heterocycles. The topological polar surface area (TPSA) is 29.1 Å². The Kier molecular flexibility index (Phi) is 2.49. The van der Waals surface area contributed by atoms with E-state index in [0.29, 0.717) is 0 Å². The average molecular weight is 109 g/mol. The molecule has 4 heteroatoms. The van der Waals surface area contributed by atoms with Gasteiger partial charge in [0, 0.05) is 0 Å². The van der Waals surface area contributed by atoms with Crippen LogP contribution in [0.2, 0.25) is 0 Å². The smallest absolute Gasteiger partial charge is 0.285 e. The molecule has 0 aliphatic carbocycles. The van der Waals surface area contributed by atoms with Crippen LogP contribution in [0.25, 0.3) is 0 Å². The van der Waals surface area contributed by atoms with Gasteiger partial charge >= 0.3 is 0 Å². The zero-order chi connectivity index (χ0) is 4.28. The van der Waals surface area contributed by atoms with E-state index in [1.165, 1.54) is 0 Å². The fraction of sp³-hybridized carbons (Fsp3) is 0. The van der Waals surface area contributed by atoms with E-state index >= 15 is 0 Å². The Hall–Kier alpha value is 0.170. The van der Waals surface area contributed by atoms with Gasteiger partial charge in [0.2, 0.25) is 0 Å². The fourth-order valence-electron chi connectivity index (χ4n) is 0. The highest BCUT2D eigenvalue weighted by molar-refractivity contribution is 7.98. The van der Waals surface area contributed by atoms with E-state index in [2.05, 4.69) is 25.4 Å². The standard InChI is InChI=1S/CH3NOS2/c3-1(4)2-5/h5H,(H2,2,3,4). The molecule has 0 fully saturated rings. The fourth-order valence-corrected chi connectivity index (χ4v) is 0. The lowest BCUT2D eigenvalue weighted by Gasteiger charge is -1.77. The van der Waals surface area contributed by atoms with E-state index < -0.39 is 5.24 Å². The highest BCUT2D eigenvalue weighted by Gasteiger charge is 1.75. The number of hydrogen-bond donors (Lipinski definition) is 3. The molecule has 0 aromatic heterocycles. The molecule has 0 rings (SSSR count). The molecule has 0 saturated carbocycles. The molecule has 1 N–H and O–H groups in total. The lowest BCUT2D eigenvalue weighted by Crippen LogP contribution is -1.98. The third-order valence-electron chi connectivity index (χ3n) is 0.0956. The molecule has 0 bridgehead atoms. The molecule has 0 aromatic carbocycles. The molecular formula is CH3NOS2. The van der Waals surface area contributed by atoms with Crippen molar-refractivity contribution in [3.8, 4) is 0 Å². The van der Waals surface area contributed by atoms with Crippen LogP contribution in [0.3, 0.4) is 0 Å². The predicted molar refractivity (Wildman–Crippen MR) is 26.5 cm³/mol. The summed E-state index contributed by atoms with van der Waals surface area (Å²) in [5.74, 6) is 0. The molecule has 0 aliphatic rings. The van der Waals surface area contributed by atoms with E-state index in [0.717, 1.165) is 0 Å². The predicted octanol–water partition coefficient (Wildman–Crippen LogP) is 0.471. The highest BCUT2D eigenvalue weighted by Crippen LogP contribution is 1.72. The molecule has 0 unspecified atom stereocenters. The SMILES string of the molecule is O=C(S)NS. The lowest BCUT2D eigenvalue weighted by molar-refractivity contribution is 0.265. The molecule has 0 radical (unpaired) electrons. The van der Waals surface area contributed by atoms with Crippen molar-refractivity contribution in [2.24, 2.45) is 0 Å². The second kappa shape index (κ2) is 2.41. The Morgan fingerprint density at radius 2 is 2.00 bits per heavy atom. The molecular weight excluding hydrogens is 106 g/mol. The summed E-state index contributed by atoms with van der Waals surface area (Å²) in [6.07, 6.45) is 0. The number of carbonyl (C=O) groups is 1. The third kappa shape index (κ3) is 4.17. The Bertz CT molecular complexity index is 44.9. The second-order valence-corrected chi connectivity index (χ2v) is 1.05. The van der Waals surface area contributed by atoms with Gasteiger partial charge in [0.15, 0.2) is 0 Å². The summed E-state index contributed by atoms with van der Waals surface area (Å²) in [5.41, 5.74) is 0. The molecule has 0 aromatic rings. The van der Waals surface area contributed by atoms with Gasteiger partial charge < -0.3 is 0 Å². The zero-order valence-electron chi connectivity index (χ0n) is 2.30. The summed E-state index contributed by atoms with van der Waals surface area (Å²) in [4.78, 5) is 9.49. The molecule has 0 heterocycles. The van der Waals surface area contributed by atoms with Crippen LogP contribution in [-0.4, -0.2) is 5.24 Å². The largest absolute Gasteiger partial charge is 0.294 e. The average Bonchev–Trinajstić information content (AvgIpc) is 1.38. The van der Waals surface area contributed by atoms with Crippen LogP contribution in [0.5, 0.6) is 0 Å². The third-order valence-corrected chi connectivity index (χ3v) is 0.587. The van der Waals surface area contributed by atoms with E-state index in [9.17, 15) is 4.79 Å². The monoisotopic (exact) mass is 109 g/mol. The number of carbonyl (C=O) groups excluding carboxylic acids is 1. The van der Waals surface area contributed by atoms with E-state index in [1.54, 1.807) is 0 Å².